The lowest BCUT2D eigenvalue weighted by molar-refractivity contribution is -0.139. The Morgan fingerprint density at radius 2 is 1.89 bits per heavy atom. The van der Waals surface area contributed by atoms with E-state index < -0.39 is 23.4 Å². The number of anilines is 2. The molecule has 0 radical (unpaired) electrons. The largest absolute Gasteiger partial charge is 0.477 e. The number of ether oxygens (including phenoxy) is 1. The number of unbranched alkanes of at least 4 members (excludes halogenated alkanes) is 3. The first-order valence-corrected chi connectivity index (χ1v) is 8.97. The normalized spacial score (nSPS) is 11.5. The highest BCUT2D eigenvalue weighted by Crippen LogP contribution is 2.36. The average Bonchev–Trinajstić information content (AvgIpc) is 2.61. The summed E-state index contributed by atoms with van der Waals surface area (Å²) >= 11 is 0. The van der Waals surface area contributed by atoms with Gasteiger partial charge in [-0.2, -0.15) is 18.2 Å². The van der Waals surface area contributed by atoms with Crippen LogP contribution < -0.4 is 9.64 Å². The van der Waals surface area contributed by atoms with Crippen LogP contribution in [0.15, 0.2) is 30.5 Å². The van der Waals surface area contributed by atoms with Gasteiger partial charge in [-0.05, 0) is 31.5 Å². The quantitative estimate of drug-likeness (QED) is 0.407. The molecule has 0 saturated carbocycles. The first kappa shape index (κ1) is 20.9. The zero-order valence-electron chi connectivity index (χ0n) is 15.4. The number of benzene rings is 1. The maximum atomic E-state index is 13.5. The lowest BCUT2D eigenvalue weighted by Gasteiger charge is -2.22. The topological polar surface area (TPSA) is 38.2 Å². The fraction of sp³-hybridized carbons (Fsp3) is 0.474. The van der Waals surface area contributed by atoms with Crippen molar-refractivity contribution in [2.45, 2.75) is 45.7 Å². The second kappa shape index (κ2) is 9.53. The van der Waals surface area contributed by atoms with Crippen molar-refractivity contribution < 1.29 is 22.3 Å². The monoisotopic (exact) mass is 385 g/mol. The van der Waals surface area contributed by atoms with E-state index in [0.717, 1.165) is 19.3 Å². The van der Waals surface area contributed by atoms with Crippen molar-refractivity contribution in [2.24, 2.45) is 0 Å². The Labute approximate surface area is 156 Å². The van der Waals surface area contributed by atoms with Crippen LogP contribution in [0.1, 0.15) is 45.1 Å². The van der Waals surface area contributed by atoms with E-state index in [1.165, 1.54) is 23.1 Å². The predicted octanol–water partition coefficient (Wildman–Crippen LogP) is 5.75. The first-order valence-electron chi connectivity index (χ1n) is 8.97. The van der Waals surface area contributed by atoms with Gasteiger partial charge in [-0.3, -0.25) is 0 Å². The third kappa shape index (κ3) is 5.80. The van der Waals surface area contributed by atoms with E-state index in [-0.39, 0.29) is 12.6 Å². The summed E-state index contributed by atoms with van der Waals surface area (Å²) in [7, 11) is 0. The molecule has 0 bridgehead atoms. The highest BCUT2D eigenvalue weighted by atomic mass is 19.4. The number of aromatic nitrogens is 2. The molecular formula is C19H23F4N3O. The standard InChI is InChI=1S/C19H23F4N3O/c1-3-5-6-7-11-27-17-16(19(21,22)23)13-24-18(25-17)26(4-2)15-10-8-9-14(20)12-15/h8-10,12-13H,3-7,11H2,1-2H3. The van der Waals surface area contributed by atoms with Crippen molar-refractivity contribution in [2.75, 3.05) is 18.1 Å². The molecule has 0 aliphatic rings. The van der Waals surface area contributed by atoms with Gasteiger partial charge in [-0.1, -0.05) is 32.3 Å². The fourth-order valence-corrected chi connectivity index (χ4v) is 2.57. The highest BCUT2D eigenvalue weighted by Gasteiger charge is 2.36. The zero-order chi connectivity index (χ0) is 19.9. The van der Waals surface area contributed by atoms with Gasteiger partial charge in [-0.25, -0.2) is 9.37 Å². The third-order valence-corrected chi connectivity index (χ3v) is 3.96. The van der Waals surface area contributed by atoms with Gasteiger partial charge < -0.3 is 9.64 Å². The van der Waals surface area contributed by atoms with E-state index in [9.17, 15) is 17.6 Å². The number of halogens is 4. The molecule has 0 spiro atoms. The molecule has 1 aromatic carbocycles. The highest BCUT2D eigenvalue weighted by molar-refractivity contribution is 5.57. The van der Waals surface area contributed by atoms with Gasteiger partial charge in [0.25, 0.3) is 0 Å². The summed E-state index contributed by atoms with van der Waals surface area (Å²) in [5.41, 5.74) is -0.566. The molecule has 1 aromatic heterocycles. The summed E-state index contributed by atoms with van der Waals surface area (Å²) < 4.78 is 58.6. The predicted molar refractivity (Wildman–Crippen MR) is 95.8 cm³/mol. The molecular weight excluding hydrogens is 362 g/mol. The van der Waals surface area contributed by atoms with E-state index in [1.807, 2.05) is 6.92 Å². The minimum atomic E-state index is -4.62. The fourth-order valence-electron chi connectivity index (χ4n) is 2.57. The minimum Gasteiger partial charge on any atom is -0.477 e. The Bertz CT molecular complexity index is 737. The van der Waals surface area contributed by atoms with Crippen LogP contribution in [0.4, 0.5) is 29.2 Å². The first-order chi connectivity index (χ1) is 12.9. The van der Waals surface area contributed by atoms with E-state index in [2.05, 4.69) is 9.97 Å². The van der Waals surface area contributed by atoms with Gasteiger partial charge in [-0.15, -0.1) is 0 Å². The molecule has 27 heavy (non-hydrogen) atoms. The van der Waals surface area contributed by atoms with E-state index in [0.29, 0.717) is 24.8 Å². The number of nitrogens with zero attached hydrogens (tertiary/aromatic N) is 3. The third-order valence-electron chi connectivity index (χ3n) is 3.96. The summed E-state index contributed by atoms with van der Waals surface area (Å²) in [6.07, 6.45) is -0.372. The van der Waals surface area contributed by atoms with Crippen molar-refractivity contribution >= 4 is 11.6 Å². The molecule has 0 saturated heterocycles. The molecule has 0 aliphatic carbocycles. The summed E-state index contributed by atoms with van der Waals surface area (Å²) in [6, 6.07) is 5.72. The molecule has 0 fully saturated rings. The lowest BCUT2D eigenvalue weighted by Crippen LogP contribution is -2.21. The Morgan fingerprint density at radius 1 is 1.11 bits per heavy atom. The van der Waals surface area contributed by atoms with Gasteiger partial charge >= 0.3 is 6.18 Å². The van der Waals surface area contributed by atoms with Gasteiger partial charge in [0, 0.05) is 18.4 Å². The summed E-state index contributed by atoms with van der Waals surface area (Å²) in [5, 5.41) is 0. The molecule has 0 unspecified atom stereocenters. The Balaban J connectivity index is 2.30. The van der Waals surface area contributed by atoms with Crippen molar-refractivity contribution in [3.8, 4) is 5.88 Å². The van der Waals surface area contributed by atoms with Crippen LogP contribution in [0.3, 0.4) is 0 Å². The van der Waals surface area contributed by atoms with Crippen molar-refractivity contribution in [3.05, 3.63) is 41.8 Å². The maximum absolute atomic E-state index is 13.5. The Kier molecular flexibility index (Phi) is 7.38. The van der Waals surface area contributed by atoms with Crippen LogP contribution in [0, 0.1) is 5.82 Å². The van der Waals surface area contributed by atoms with E-state index in [4.69, 9.17) is 4.74 Å². The van der Waals surface area contributed by atoms with Gasteiger partial charge in [0.05, 0.1) is 6.61 Å². The second-order valence-corrected chi connectivity index (χ2v) is 6.02. The van der Waals surface area contributed by atoms with Crippen LogP contribution in [-0.2, 0) is 6.18 Å². The van der Waals surface area contributed by atoms with Crippen LogP contribution in [0.2, 0.25) is 0 Å². The number of hydrogen-bond donors (Lipinski definition) is 0. The van der Waals surface area contributed by atoms with Crippen LogP contribution >= 0.6 is 0 Å². The van der Waals surface area contributed by atoms with Crippen molar-refractivity contribution in [1.82, 2.24) is 9.97 Å². The molecule has 2 aromatic rings. The summed E-state index contributed by atoms with van der Waals surface area (Å²) in [4.78, 5) is 9.34. The van der Waals surface area contributed by atoms with Gasteiger partial charge in [0.15, 0.2) is 0 Å². The number of hydrogen-bond acceptors (Lipinski definition) is 4. The van der Waals surface area contributed by atoms with Crippen molar-refractivity contribution in [1.29, 1.82) is 0 Å². The van der Waals surface area contributed by atoms with Crippen LogP contribution in [-0.4, -0.2) is 23.1 Å². The summed E-state index contributed by atoms with van der Waals surface area (Å²) in [6.45, 7) is 4.32. The molecule has 0 N–H and O–H groups in total. The molecule has 148 valence electrons. The van der Waals surface area contributed by atoms with Crippen LogP contribution in [0.5, 0.6) is 5.88 Å². The molecule has 4 nitrogen and oxygen atoms in total. The molecule has 0 amide bonds. The van der Waals surface area contributed by atoms with Crippen molar-refractivity contribution in [3.63, 3.8) is 0 Å². The lowest BCUT2D eigenvalue weighted by atomic mass is 10.2. The van der Waals surface area contributed by atoms with E-state index in [1.54, 1.807) is 13.0 Å². The second-order valence-electron chi connectivity index (χ2n) is 6.02. The van der Waals surface area contributed by atoms with E-state index >= 15 is 0 Å². The smallest absolute Gasteiger partial charge is 0.423 e. The number of rotatable bonds is 9. The summed E-state index contributed by atoms with van der Waals surface area (Å²) in [5.74, 6) is -0.927. The van der Waals surface area contributed by atoms with Gasteiger partial charge in [0.1, 0.15) is 11.4 Å². The molecule has 2 rings (SSSR count). The molecule has 8 heteroatoms. The van der Waals surface area contributed by atoms with Gasteiger partial charge in [0.2, 0.25) is 11.8 Å². The SMILES string of the molecule is CCCCCCOc1nc(N(CC)c2cccc(F)c2)ncc1C(F)(F)F. The molecule has 0 aliphatic heterocycles. The molecule has 1 heterocycles. The number of alkyl halides is 3. The maximum Gasteiger partial charge on any atom is 0.423 e. The minimum absolute atomic E-state index is 0.0275. The molecule has 0 atom stereocenters. The Hall–Kier alpha value is -2.38. The zero-order valence-corrected chi connectivity index (χ0v) is 15.4. The average molecular weight is 385 g/mol. The van der Waals surface area contributed by atoms with Crippen LogP contribution in [0.25, 0.3) is 0 Å². The Morgan fingerprint density at radius 3 is 2.52 bits per heavy atom.